The van der Waals surface area contributed by atoms with Crippen LogP contribution in [0, 0.1) is 0 Å². The third kappa shape index (κ3) is 3.87. The molecule has 1 aliphatic carbocycles. The Morgan fingerprint density at radius 2 is 1.67 bits per heavy atom. The van der Waals surface area contributed by atoms with Crippen molar-refractivity contribution in [1.82, 2.24) is 24.6 Å². The Hall–Kier alpha value is -2.97. The summed E-state index contributed by atoms with van der Waals surface area (Å²) in [6.45, 7) is 4.03. The number of nitrogens with two attached hydrogens (primary N) is 1. The van der Waals surface area contributed by atoms with Crippen LogP contribution in [0.25, 0.3) is 27.3 Å². The van der Waals surface area contributed by atoms with E-state index in [1.165, 1.54) is 32.1 Å². The van der Waals surface area contributed by atoms with Gasteiger partial charge < -0.3 is 10.6 Å². The number of piperazine rings is 1. The maximum atomic E-state index is 6.61. The number of nitrogen functional groups attached to an aromatic ring is 1. The van der Waals surface area contributed by atoms with Crippen molar-refractivity contribution < 1.29 is 0 Å². The van der Waals surface area contributed by atoms with Gasteiger partial charge in [-0.05, 0) is 36.4 Å². The molecule has 0 bridgehead atoms. The highest BCUT2D eigenvalue weighted by Gasteiger charge is 2.27. The van der Waals surface area contributed by atoms with Crippen LogP contribution in [-0.4, -0.2) is 56.9 Å². The smallest absolute Gasteiger partial charge is 0.228 e. The molecule has 2 N–H and O–H groups in total. The van der Waals surface area contributed by atoms with Gasteiger partial charge >= 0.3 is 0 Å². The van der Waals surface area contributed by atoms with Crippen LogP contribution in [0.2, 0.25) is 0 Å². The summed E-state index contributed by atoms with van der Waals surface area (Å²) in [6, 6.07) is 14.9. The lowest BCUT2D eigenvalue weighted by Crippen LogP contribution is -2.51. The van der Waals surface area contributed by atoms with E-state index < -0.39 is 0 Å². The predicted octanol–water partition coefficient (Wildman–Crippen LogP) is 4.58. The summed E-state index contributed by atoms with van der Waals surface area (Å²) in [7, 11) is 0. The Morgan fingerprint density at radius 1 is 0.879 bits per heavy atom. The summed E-state index contributed by atoms with van der Waals surface area (Å²) in [6.07, 6.45) is 6.84. The highest BCUT2D eigenvalue weighted by molar-refractivity contribution is 7.13. The van der Waals surface area contributed by atoms with Gasteiger partial charge in [0, 0.05) is 32.2 Å². The van der Waals surface area contributed by atoms with Crippen LogP contribution in [0.5, 0.6) is 0 Å². The summed E-state index contributed by atoms with van der Waals surface area (Å²) >= 11 is 1.67. The van der Waals surface area contributed by atoms with E-state index in [4.69, 9.17) is 20.8 Å². The average Bonchev–Trinajstić information content (AvgIpc) is 3.53. The zero-order valence-electron chi connectivity index (χ0n) is 18.7. The molecule has 33 heavy (non-hydrogen) atoms. The first-order valence-corrected chi connectivity index (χ1v) is 12.8. The normalized spacial score (nSPS) is 18.2. The molecule has 1 aliphatic heterocycles. The second kappa shape index (κ2) is 8.76. The SMILES string of the molecule is Nc1c2c(-c3cccs3)nc(N3CCN(C4CCCCC4)CC3)nc2nn1-c1ccccc1. The van der Waals surface area contributed by atoms with Gasteiger partial charge in [-0.3, -0.25) is 4.90 Å². The number of nitrogens with zero attached hydrogens (tertiary/aromatic N) is 6. The van der Waals surface area contributed by atoms with Gasteiger partial charge in [0.15, 0.2) is 5.65 Å². The van der Waals surface area contributed by atoms with Gasteiger partial charge in [-0.1, -0.05) is 43.5 Å². The van der Waals surface area contributed by atoms with Crippen molar-refractivity contribution in [2.75, 3.05) is 36.8 Å². The van der Waals surface area contributed by atoms with Gasteiger partial charge in [0.1, 0.15) is 5.82 Å². The third-order valence-electron chi connectivity index (χ3n) is 7.00. The molecule has 170 valence electrons. The molecule has 1 saturated heterocycles. The molecule has 7 nitrogen and oxygen atoms in total. The van der Waals surface area contributed by atoms with E-state index in [0.717, 1.165) is 59.8 Å². The molecule has 1 saturated carbocycles. The largest absolute Gasteiger partial charge is 0.383 e. The first-order valence-electron chi connectivity index (χ1n) is 11.9. The Kier molecular flexibility index (Phi) is 5.47. The van der Waals surface area contributed by atoms with Crippen molar-refractivity contribution in [3.8, 4) is 16.3 Å². The van der Waals surface area contributed by atoms with E-state index in [1.807, 2.05) is 36.4 Å². The predicted molar refractivity (Wildman–Crippen MR) is 135 cm³/mol. The van der Waals surface area contributed by atoms with Crippen LogP contribution >= 0.6 is 11.3 Å². The highest BCUT2D eigenvalue weighted by Crippen LogP contribution is 2.35. The lowest BCUT2D eigenvalue weighted by atomic mass is 9.94. The van der Waals surface area contributed by atoms with Gasteiger partial charge in [0.05, 0.1) is 21.6 Å². The maximum Gasteiger partial charge on any atom is 0.228 e. The fourth-order valence-corrected chi connectivity index (χ4v) is 5.95. The monoisotopic (exact) mass is 459 g/mol. The maximum absolute atomic E-state index is 6.61. The lowest BCUT2D eigenvalue weighted by Gasteiger charge is -2.40. The number of hydrogen-bond acceptors (Lipinski definition) is 7. The molecule has 0 amide bonds. The van der Waals surface area contributed by atoms with Crippen molar-refractivity contribution in [2.24, 2.45) is 0 Å². The zero-order valence-corrected chi connectivity index (χ0v) is 19.5. The number of rotatable bonds is 4. The number of hydrogen-bond donors (Lipinski definition) is 1. The average molecular weight is 460 g/mol. The van der Waals surface area contributed by atoms with Crippen molar-refractivity contribution in [3.63, 3.8) is 0 Å². The lowest BCUT2D eigenvalue weighted by molar-refractivity contribution is 0.147. The molecule has 4 heterocycles. The van der Waals surface area contributed by atoms with Gasteiger partial charge in [0.25, 0.3) is 0 Å². The molecule has 3 aromatic heterocycles. The first-order chi connectivity index (χ1) is 16.3. The molecule has 6 rings (SSSR count). The molecule has 1 aromatic carbocycles. The second-order valence-electron chi connectivity index (χ2n) is 9.00. The molecule has 0 radical (unpaired) electrons. The molecule has 0 atom stereocenters. The van der Waals surface area contributed by atoms with E-state index in [-0.39, 0.29) is 0 Å². The van der Waals surface area contributed by atoms with E-state index in [1.54, 1.807) is 16.0 Å². The van der Waals surface area contributed by atoms with Crippen molar-refractivity contribution in [3.05, 3.63) is 47.8 Å². The molecule has 0 unspecified atom stereocenters. The molecular formula is C25H29N7S. The quantitative estimate of drug-likeness (QED) is 0.481. The minimum Gasteiger partial charge on any atom is -0.383 e. The number of fused-ring (bicyclic) bond motifs is 1. The number of thiophene rings is 1. The number of aromatic nitrogens is 4. The summed E-state index contributed by atoms with van der Waals surface area (Å²) < 4.78 is 1.78. The van der Waals surface area contributed by atoms with Crippen molar-refractivity contribution in [1.29, 1.82) is 0 Å². The van der Waals surface area contributed by atoms with Crippen LogP contribution < -0.4 is 10.6 Å². The highest BCUT2D eigenvalue weighted by atomic mass is 32.1. The first kappa shape index (κ1) is 20.6. The van der Waals surface area contributed by atoms with Gasteiger partial charge in [0.2, 0.25) is 5.95 Å². The molecule has 2 fully saturated rings. The molecule has 0 spiro atoms. The number of benzene rings is 1. The van der Waals surface area contributed by atoms with E-state index >= 15 is 0 Å². The van der Waals surface area contributed by atoms with Gasteiger partial charge in [-0.15, -0.1) is 16.4 Å². The number of anilines is 2. The van der Waals surface area contributed by atoms with Crippen LogP contribution in [0.1, 0.15) is 32.1 Å². The molecule has 8 heteroatoms. The van der Waals surface area contributed by atoms with E-state index in [2.05, 4.69) is 21.2 Å². The molecule has 2 aliphatic rings. The standard InChI is InChI=1S/C25H29N7S/c26-23-21-22(20-12-7-17-33-20)27-25(28-24(21)29-32(23)19-10-5-2-6-11-19)31-15-13-30(14-16-31)18-8-3-1-4-9-18/h2,5-7,10-12,17-18H,1,3-4,8-9,13-16,26H2. The topological polar surface area (TPSA) is 76.1 Å². The van der Waals surface area contributed by atoms with Gasteiger partial charge in [-0.25, -0.2) is 9.67 Å². The van der Waals surface area contributed by atoms with Crippen molar-refractivity contribution in [2.45, 2.75) is 38.1 Å². The zero-order chi connectivity index (χ0) is 22.2. The van der Waals surface area contributed by atoms with E-state index in [0.29, 0.717) is 11.5 Å². The fraction of sp³-hybridized carbons (Fsp3) is 0.400. The third-order valence-corrected chi connectivity index (χ3v) is 7.88. The van der Waals surface area contributed by atoms with Crippen LogP contribution in [0.15, 0.2) is 47.8 Å². The summed E-state index contributed by atoms with van der Waals surface area (Å²) in [5, 5.41) is 7.70. The van der Waals surface area contributed by atoms with E-state index in [9.17, 15) is 0 Å². The summed E-state index contributed by atoms with van der Waals surface area (Å²) in [5.41, 5.74) is 9.06. The molecule has 4 aromatic rings. The Labute approximate surface area is 197 Å². The minimum atomic E-state index is 0.577. The van der Waals surface area contributed by atoms with Crippen LogP contribution in [0.4, 0.5) is 11.8 Å². The second-order valence-corrected chi connectivity index (χ2v) is 9.94. The van der Waals surface area contributed by atoms with Crippen molar-refractivity contribution >= 4 is 34.1 Å². The van der Waals surface area contributed by atoms with Crippen LogP contribution in [0.3, 0.4) is 0 Å². The Balaban J connectivity index is 1.36. The van der Waals surface area contributed by atoms with Gasteiger partial charge in [-0.2, -0.15) is 4.98 Å². The summed E-state index contributed by atoms with van der Waals surface area (Å²) in [5.74, 6) is 1.33. The fourth-order valence-electron chi connectivity index (χ4n) is 5.23. The Morgan fingerprint density at radius 3 is 2.39 bits per heavy atom. The van der Waals surface area contributed by atoms with Crippen LogP contribution in [-0.2, 0) is 0 Å². The summed E-state index contributed by atoms with van der Waals surface area (Å²) in [4.78, 5) is 16.0. The number of para-hydroxylation sites is 1. The minimum absolute atomic E-state index is 0.577. The molecular weight excluding hydrogens is 430 g/mol. The Bertz CT molecular complexity index is 1220.